The van der Waals surface area contributed by atoms with Gasteiger partial charge in [0.05, 0.1) is 0 Å². The molecular formula is C18H16BrF3N2O3. The average Bonchev–Trinajstić information content (AvgIpc) is 3.37. The average molecular weight is 445 g/mol. The Balaban J connectivity index is 1.65. The van der Waals surface area contributed by atoms with Gasteiger partial charge in [0, 0.05) is 18.2 Å². The minimum Gasteiger partial charge on any atom is -0.444 e. The highest BCUT2D eigenvalue weighted by atomic mass is 79.9. The van der Waals surface area contributed by atoms with Crippen LogP contribution < -0.4 is 5.32 Å². The van der Waals surface area contributed by atoms with E-state index in [4.69, 9.17) is 4.42 Å². The van der Waals surface area contributed by atoms with Crippen molar-refractivity contribution in [3.8, 4) is 0 Å². The number of hydrogen-bond acceptors (Lipinski definition) is 3. The van der Waals surface area contributed by atoms with Crippen LogP contribution in [0.3, 0.4) is 0 Å². The molecule has 0 saturated heterocycles. The molecular weight excluding hydrogens is 429 g/mol. The van der Waals surface area contributed by atoms with Crippen molar-refractivity contribution in [3.63, 3.8) is 0 Å². The predicted octanol–water partition coefficient (Wildman–Crippen LogP) is 4.14. The number of furan rings is 1. The van der Waals surface area contributed by atoms with Gasteiger partial charge in [-0.15, -0.1) is 0 Å². The highest BCUT2D eigenvalue weighted by molar-refractivity contribution is 9.10. The number of carbonyl (C=O) groups excluding carboxylic acids is 2. The van der Waals surface area contributed by atoms with Crippen LogP contribution in [0, 0.1) is 0 Å². The molecule has 1 N–H and O–H groups in total. The number of amides is 2. The summed E-state index contributed by atoms with van der Waals surface area (Å²) >= 11 is 3.17. The molecule has 144 valence electrons. The molecule has 3 rings (SSSR count). The van der Waals surface area contributed by atoms with Crippen molar-refractivity contribution in [3.05, 3.63) is 58.0 Å². The summed E-state index contributed by atoms with van der Waals surface area (Å²) in [4.78, 5) is 26.1. The van der Waals surface area contributed by atoms with Crippen LogP contribution in [-0.4, -0.2) is 35.5 Å². The Morgan fingerprint density at radius 1 is 1.15 bits per heavy atom. The van der Waals surface area contributed by atoms with Gasteiger partial charge in [0.1, 0.15) is 6.54 Å². The summed E-state index contributed by atoms with van der Waals surface area (Å²) in [5.74, 6) is -0.790. The highest BCUT2D eigenvalue weighted by Gasteiger charge is 2.34. The maximum Gasteiger partial charge on any atom is 0.405 e. The van der Waals surface area contributed by atoms with E-state index in [-0.39, 0.29) is 23.3 Å². The van der Waals surface area contributed by atoms with Gasteiger partial charge in [-0.05, 0) is 58.6 Å². The standard InChI is InChI=1S/C18H16BrF3N2O3/c19-15-8-7-14(27-15)17(26)24(13-5-6-13)9-11-1-3-12(4-2-11)16(25)23-10-18(20,21)22/h1-4,7-8,13H,5-6,9-10H2,(H,23,25). The smallest absolute Gasteiger partial charge is 0.405 e. The Morgan fingerprint density at radius 2 is 1.81 bits per heavy atom. The van der Waals surface area contributed by atoms with Crippen molar-refractivity contribution in [1.29, 1.82) is 0 Å². The van der Waals surface area contributed by atoms with Crippen molar-refractivity contribution in [1.82, 2.24) is 10.2 Å². The molecule has 1 fully saturated rings. The van der Waals surface area contributed by atoms with E-state index >= 15 is 0 Å². The van der Waals surface area contributed by atoms with Crippen molar-refractivity contribution in [2.45, 2.75) is 31.6 Å². The van der Waals surface area contributed by atoms with Gasteiger partial charge < -0.3 is 14.6 Å². The van der Waals surface area contributed by atoms with E-state index in [1.165, 1.54) is 12.1 Å². The lowest BCUT2D eigenvalue weighted by Crippen LogP contribution is -2.34. The zero-order valence-corrected chi connectivity index (χ0v) is 15.6. The minimum atomic E-state index is -4.46. The summed E-state index contributed by atoms with van der Waals surface area (Å²) in [6.07, 6.45) is -2.64. The van der Waals surface area contributed by atoms with Crippen LogP contribution >= 0.6 is 15.9 Å². The molecule has 1 aliphatic rings. The topological polar surface area (TPSA) is 62.6 Å². The lowest BCUT2D eigenvalue weighted by molar-refractivity contribution is -0.123. The van der Waals surface area contributed by atoms with Crippen LogP contribution in [0.4, 0.5) is 13.2 Å². The largest absolute Gasteiger partial charge is 0.444 e. The van der Waals surface area contributed by atoms with Gasteiger partial charge in [0.15, 0.2) is 10.4 Å². The molecule has 27 heavy (non-hydrogen) atoms. The first-order valence-electron chi connectivity index (χ1n) is 8.23. The number of rotatable bonds is 6. The van der Waals surface area contributed by atoms with E-state index in [0.717, 1.165) is 18.4 Å². The first-order valence-corrected chi connectivity index (χ1v) is 9.02. The van der Waals surface area contributed by atoms with Gasteiger partial charge in [-0.3, -0.25) is 9.59 Å². The molecule has 0 radical (unpaired) electrons. The summed E-state index contributed by atoms with van der Waals surface area (Å²) in [5.41, 5.74) is 0.899. The molecule has 1 aromatic carbocycles. The molecule has 1 saturated carbocycles. The number of alkyl halides is 3. The fourth-order valence-electron chi connectivity index (χ4n) is 2.56. The molecule has 2 amide bonds. The zero-order chi connectivity index (χ0) is 19.6. The summed E-state index contributed by atoms with van der Waals surface area (Å²) in [7, 11) is 0. The van der Waals surface area contributed by atoms with E-state index in [9.17, 15) is 22.8 Å². The van der Waals surface area contributed by atoms with E-state index < -0.39 is 18.6 Å². The lowest BCUT2D eigenvalue weighted by atomic mass is 10.1. The van der Waals surface area contributed by atoms with E-state index in [1.807, 2.05) is 5.32 Å². The second-order valence-corrected chi connectivity index (χ2v) is 7.04. The van der Waals surface area contributed by atoms with Crippen LogP contribution in [0.25, 0.3) is 0 Å². The summed E-state index contributed by atoms with van der Waals surface area (Å²) in [6.45, 7) is -1.05. The summed E-state index contributed by atoms with van der Waals surface area (Å²) < 4.78 is 42.3. The van der Waals surface area contributed by atoms with Crippen molar-refractivity contribution >= 4 is 27.7 Å². The maximum atomic E-state index is 12.6. The Labute approximate surface area is 161 Å². The first kappa shape index (κ1) is 19.5. The molecule has 0 unspecified atom stereocenters. The molecule has 0 bridgehead atoms. The normalized spacial score (nSPS) is 14.1. The number of nitrogens with zero attached hydrogens (tertiary/aromatic N) is 1. The Hall–Kier alpha value is -2.29. The second-order valence-electron chi connectivity index (χ2n) is 6.26. The summed E-state index contributed by atoms with van der Waals surface area (Å²) in [5, 5.41) is 1.82. The van der Waals surface area contributed by atoms with Crippen LogP contribution in [0.2, 0.25) is 0 Å². The number of hydrogen-bond donors (Lipinski definition) is 1. The van der Waals surface area contributed by atoms with Gasteiger partial charge in [0.2, 0.25) is 0 Å². The molecule has 9 heteroatoms. The third-order valence-corrected chi connectivity index (χ3v) is 4.48. The van der Waals surface area contributed by atoms with Crippen LogP contribution in [0.5, 0.6) is 0 Å². The SMILES string of the molecule is O=C(NCC(F)(F)F)c1ccc(CN(C(=O)c2ccc(Br)o2)C2CC2)cc1. The number of benzene rings is 1. The molecule has 1 heterocycles. The van der Waals surface area contributed by atoms with Gasteiger partial charge in [0.25, 0.3) is 11.8 Å². The molecule has 0 spiro atoms. The number of nitrogens with one attached hydrogen (secondary N) is 1. The first-order chi connectivity index (χ1) is 12.7. The predicted molar refractivity (Wildman–Crippen MR) is 94.1 cm³/mol. The second kappa shape index (κ2) is 7.75. The van der Waals surface area contributed by atoms with E-state index in [1.54, 1.807) is 29.2 Å². The fraction of sp³-hybridized carbons (Fsp3) is 0.333. The number of halogens is 4. The minimum absolute atomic E-state index is 0.127. The van der Waals surface area contributed by atoms with Gasteiger partial charge >= 0.3 is 6.18 Å². The Kier molecular flexibility index (Phi) is 5.59. The third kappa shape index (κ3) is 5.35. The molecule has 1 aromatic heterocycles. The maximum absolute atomic E-state index is 12.6. The number of carbonyl (C=O) groups is 2. The molecule has 0 atom stereocenters. The van der Waals surface area contributed by atoms with Gasteiger partial charge in [-0.1, -0.05) is 12.1 Å². The van der Waals surface area contributed by atoms with Crippen molar-refractivity contribution in [2.75, 3.05) is 6.54 Å². The van der Waals surface area contributed by atoms with Crippen molar-refractivity contribution < 1.29 is 27.2 Å². The monoisotopic (exact) mass is 444 g/mol. The van der Waals surface area contributed by atoms with E-state index in [2.05, 4.69) is 15.9 Å². The molecule has 0 aliphatic heterocycles. The van der Waals surface area contributed by atoms with Crippen LogP contribution in [-0.2, 0) is 6.54 Å². The Bertz CT molecular complexity index is 829. The fourth-order valence-corrected chi connectivity index (χ4v) is 2.87. The molecule has 1 aliphatic carbocycles. The highest BCUT2D eigenvalue weighted by Crippen LogP contribution is 2.30. The quantitative estimate of drug-likeness (QED) is 0.728. The Morgan fingerprint density at radius 3 is 2.33 bits per heavy atom. The van der Waals surface area contributed by atoms with Crippen molar-refractivity contribution in [2.24, 2.45) is 0 Å². The van der Waals surface area contributed by atoms with Gasteiger partial charge in [-0.25, -0.2) is 0 Å². The summed E-state index contributed by atoms with van der Waals surface area (Å²) in [6, 6.07) is 9.52. The zero-order valence-electron chi connectivity index (χ0n) is 14.1. The van der Waals surface area contributed by atoms with Crippen LogP contribution in [0.15, 0.2) is 45.5 Å². The van der Waals surface area contributed by atoms with Gasteiger partial charge in [-0.2, -0.15) is 13.2 Å². The molecule has 5 nitrogen and oxygen atoms in total. The molecule has 2 aromatic rings. The van der Waals surface area contributed by atoms with E-state index in [0.29, 0.717) is 11.2 Å². The lowest BCUT2D eigenvalue weighted by Gasteiger charge is -2.21. The van der Waals surface area contributed by atoms with Crippen LogP contribution in [0.1, 0.15) is 39.3 Å². The third-order valence-electron chi connectivity index (χ3n) is 4.05.